The molecule has 1 heterocycles. The average Bonchev–Trinajstić information content (AvgIpc) is 2.33. The summed E-state index contributed by atoms with van der Waals surface area (Å²) in [5, 5.41) is 9.98. The second-order valence-corrected chi connectivity index (χ2v) is 5.23. The number of aliphatic hydroxyl groups is 1. The third-order valence-corrected chi connectivity index (χ3v) is 2.63. The van der Waals surface area contributed by atoms with Crippen LogP contribution in [0.2, 0.25) is 5.15 Å². The fourth-order valence-corrected chi connectivity index (χ4v) is 1.88. The standard InChI is InChI=1S/C12H19ClN4O2/c1-4-17(7-12(2,3)19)11(18)8-5-9(13)15-10(6-8)16-14/h5-6,19H,4,7,14H2,1-3H3,(H,15,16). The number of halogens is 1. The Bertz CT molecular complexity index is 460. The number of nitrogens with zero attached hydrogens (tertiary/aromatic N) is 2. The molecule has 0 saturated carbocycles. The lowest BCUT2D eigenvalue weighted by Gasteiger charge is -2.28. The number of carbonyl (C=O) groups is 1. The Balaban J connectivity index is 3.00. The van der Waals surface area contributed by atoms with Gasteiger partial charge in [0.05, 0.1) is 5.60 Å². The second kappa shape index (κ2) is 6.18. The minimum atomic E-state index is -0.961. The molecule has 0 aliphatic rings. The summed E-state index contributed by atoms with van der Waals surface area (Å²) in [6.45, 7) is 5.85. The number of carbonyl (C=O) groups excluding carboxylic acids is 1. The van der Waals surface area contributed by atoms with E-state index >= 15 is 0 Å². The van der Waals surface area contributed by atoms with Crippen LogP contribution in [0.25, 0.3) is 0 Å². The molecule has 0 fully saturated rings. The molecule has 1 rings (SSSR count). The van der Waals surface area contributed by atoms with Crippen molar-refractivity contribution < 1.29 is 9.90 Å². The van der Waals surface area contributed by atoms with Crippen molar-refractivity contribution in [1.29, 1.82) is 0 Å². The van der Waals surface area contributed by atoms with Crippen LogP contribution >= 0.6 is 11.6 Å². The van der Waals surface area contributed by atoms with E-state index in [1.165, 1.54) is 17.0 Å². The average molecular weight is 287 g/mol. The third kappa shape index (κ3) is 4.66. The molecule has 0 aliphatic carbocycles. The van der Waals surface area contributed by atoms with Crippen LogP contribution in [-0.4, -0.2) is 39.6 Å². The fourth-order valence-electron chi connectivity index (χ4n) is 1.67. The zero-order valence-corrected chi connectivity index (χ0v) is 12.0. The van der Waals surface area contributed by atoms with Crippen LogP contribution in [0, 0.1) is 0 Å². The highest BCUT2D eigenvalue weighted by atomic mass is 35.5. The van der Waals surface area contributed by atoms with Crippen LogP contribution in [0.15, 0.2) is 12.1 Å². The van der Waals surface area contributed by atoms with E-state index < -0.39 is 5.60 Å². The molecule has 0 unspecified atom stereocenters. The van der Waals surface area contributed by atoms with E-state index in [-0.39, 0.29) is 17.6 Å². The first-order chi connectivity index (χ1) is 8.76. The van der Waals surface area contributed by atoms with Crippen molar-refractivity contribution in [1.82, 2.24) is 9.88 Å². The summed E-state index contributed by atoms with van der Waals surface area (Å²) in [6.07, 6.45) is 0. The Kier molecular flexibility index (Phi) is 5.11. The highest BCUT2D eigenvalue weighted by Gasteiger charge is 2.22. The molecule has 1 amide bonds. The molecule has 0 bridgehead atoms. The van der Waals surface area contributed by atoms with Crippen molar-refractivity contribution in [2.75, 3.05) is 18.5 Å². The summed E-state index contributed by atoms with van der Waals surface area (Å²) in [4.78, 5) is 17.8. The Morgan fingerprint density at radius 3 is 2.68 bits per heavy atom. The maximum atomic E-state index is 12.3. The van der Waals surface area contributed by atoms with Crippen molar-refractivity contribution in [3.63, 3.8) is 0 Å². The minimum Gasteiger partial charge on any atom is -0.389 e. The van der Waals surface area contributed by atoms with Crippen molar-refractivity contribution in [2.45, 2.75) is 26.4 Å². The Morgan fingerprint density at radius 1 is 1.58 bits per heavy atom. The van der Waals surface area contributed by atoms with Gasteiger partial charge in [0.15, 0.2) is 0 Å². The van der Waals surface area contributed by atoms with Crippen LogP contribution in [0.5, 0.6) is 0 Å². The van der Waals surface area contributed by atoms with Gasteiger partial charge in [-0.3, -0.25) is 4.79 Å². The van der Waals surface area contributed by atoms with Gasteiger partial charge in [0.25, 0.3) is 5.91 Å². The predicted molar refractivity (Wildman–Crippen MR) is 74.9 cm³/mol. The number of hydrazine groups is 1. The molecular formula is C12H19ClN4O2. The predicted octanol–water partition coefficient (Wildman–Crippen LogP) is 1.25. The summed E-state index contributed by atoms with van der Waals surface area (Å²) in [7, 11) is 0. The summed E-state index contributed by atoms with van der Waals surface area (Å²) in [5.41, 5.74) is 1.77. The van der Waals surface area contributed by atoms with Crippen LogP contribution < -0.4 is 11.3 Å². The number of rotatable bonds is 5. The highest BCUT2D eigenvalue weighted by molar-refractivity contribution is 6.29. The van der Waals surface area contributed by atoms with Gasteiger partial charge in [-0.15, -0.1) is 0 Å². The summed E-state index contributed by atoms with van der Waals surface area (Å²) in [5.74, 6) is 5.35. The van der Waals surface area contributed by atoms with Crippen LogP contribution in [-0.2, 0) is 0 Å². The van der Waals surface area contributed by atoms with Gasteiger partial charge in [-0.1, -0.05) is 11.6 Å². The van der Waals surface area contributed by atoms with Gasteiger partial charge in [-0.05, 0) is 32.9 Å². The smallest absolute Gasteiger partial charge is 0.254 e. The van der Waals surface area contributed by atoms with E-state index in [0.29, 0.717) is 17.9 Å². The number of anilines is 1. The topological polar surface area (TPSA) is 91.5 Å². The van der Waals surface area contributed by atoms with E-state index in [0.717, 1.165) is 0 Å². The number of nitrogens with one attached hydrogen (secondary N) is 1. The van der Waals surface area contributed by atoms with Gasteiger partial charge in [-0.2, -0.15) is 0 Å². The van der Waals surface area contributed by atoms with Crippen molar-refractivity contribution in [3.05, 3.63) is 22.8 Å². The minimum absolute atomic E-state index is 0.179. The van der Waals surface area contributed by atoms with E-state index in [1.54, 1.807) is 13.8 Å². The van der Waals surface area contributed by atoms with E-state index in [2.05, 4.69) is 10.4 Å². The monoisotopic (exact) mass is 286 g/mol. The zero-order valence-electron chi connectivity index (χ0n) is 11.3. The molecule has 4 N–H and O–H groups in total. The molecule has 0 atom stereocenters. The quantitative estimate of drug-likeness (QED) is 0.430. The van der Waals surface area contributed by atoms with Gasteiger partial charge >= 0.3 is 0 Å². The molecule has 6 nitrogen and oxygen atoms in total. The third-order valence-electron chi connectivity index (χ3n) is 2.44. The SMILES string of the molecule is CCN(CC(C)(C)O)C(=O)c1cc(Cl)nc(NN)c1. The largest absolute Gasteiger partial charge is 0.389 e. The first kappa shape index (κ1) is 15.7. The summed E-state index contributed by atoms with van der Waals surface area (Å²) < 4.78 is 0. The lowest BCUT2D eigenvalue weighted by atomic mass is 10.1. The van der Waals surface area contributed by atoms with E-state index in [4.69, 9.17) is 17.4 Å². The van der Waals surface area contributed by atoms with Crippen LogP contribution in [0.1, 0.15) is 31.1 Å². The lowest BCUT2D eigenvalue weighted by molar-refractivity contribution is 0.0314. The maximum absolute atomic E-state index is 12.3. The van der Waals surface area contributed by atoms with Gasteiger partial charge in [0, 0.05) is 18.7 Å². The number of likely N-dealkylation sites (N-methyl/N-ethyl adjacent to an activating group) is 1. The van der Waals surface area contributed by atoms with E-state index in [9.17, 15) is 9.90 Å². The number of aromatic nitrogens is 1. The molecule has 0 aromatic carbocycles. The Labute approximate surface area is 117 Å². The van der Waals surface area contributed by atoms with Crippen LogP contribution in [0.4, 0.5) is 5.82 Å². The van der Waals surface area contributed by atoms with E-state index in [1.807, 2.05) is 6.92 Å². The number of nitrogen functional groups attached to an aromatic ring is 1. The first-order valence-corrected chi connectivity index (χ1v) is 6.30. The van der Waals surface area contributed by atoms with Crippen molar-refractivity contribution in [2.24, 2.45) is 5.84 Å². The molecule has 106 valence electrons. The molecule has 0 radical (unpaired) electrons. The zero-order chi connectivity index (χ0) is 14.6. The molecular weight excluding hydrogens is 268 g/mol. The number of nitrogens with two attached hydrogens (primary N) is 1. The molecule has 7 heteroatoms. The number of hydrogen-bond acceptors (Lipinski definition) is 5. The highest BCUT2D eigenvalue weighted by Crippen LogP contribution is 2.17. The van der Waals surface area contributed by atoms with Gasteiger partial charge in [0.1, 0.15) is 11.0 Å². The molecule has 1 aromatic heterocycles. The van der Waals surface area contributed by atoms with Gasteiger partial charge in [-0.25, -0.2) is 10.8 Å². The maximum Gasteiger partial charge on any atom is 0.254 e. The molecule has 0 saturated heterocycles. The number of pyridine rings is 1. The molecule has 1 aromatic rings. The summed E-state index contributed by atoms with van der Waals surface area (Å²) >= 11 is 5.83. The molecule has 0 spiro atoms. The first-order valence-electron chi connectivity index (χ1n) is 5.92. The van der Waals surface area contributed by atoms with Gasteiger partial charge < -0.3 is 15.4 Å². The van der Waals surface area contributed by atoms with Crippen molar-refractivity contribution >= 4 is 23.3 Å². The number of amides is 1. The fraction of sp³-hybridized carbons (Fsp3) is 0.500. The lowest BCUT2D eigenvalue weighted by Crippen LogP contribution is -2.42. The van der Waals surface area contributed by atoms with Gasteiger partial charge in [0.2, 0.25) is 0 Å². The normalized spacial score (nSPS) is 11.3. The Morgan fingerprint density at radius 2 is 2.21 bits per heavy atom. The summed E-state index contributed by atoms with van der Waals surface area (Å²) in [6, 6.07) is 2.99. The number of hydrogen-bond donors (Lipinski definition) is 3. The second-order valence-electron chi connectivity index (χ2n) is 4.84. The van der Waals surface area contributed by atoms with Crippen LogP contribution in [0.3, 0.4) is 0 Å². The van der Waals surface area contributed by atoms with Crippen molar-refractivity contribution in [3.8, 4) is 0 Å². The molecule has 19 heavy (non-hydrogen) atoms. The molecule has 0 aliphatic heterocycles. The Hall–Kier alpha value is -1.37.